The highest BCUT2D eigenvalue weighted by Crippen LogP contribution is 2.18. The number of ether oxygens (including phenoxy) is 1. The molecule has 0 aliphatic heterocycles. The van der Waals surface area contributed by atoms with Crippen molar-refractivity contribution in [3.8, 4) is 0 Å². The third kappa shape index (κ3) is 3.01. The van der Waals surface area contributed by atoms with Crippen LogP contribution in [0.5, 0.6) is 0 Å². The molecule has 0 fully saturated rings. The number of anilines is 1. The lowest BCUT2D eigenvalue weighted by atomic mass is 10.5. The van der Waals surface area contributed by atoms with Gasteiger partial charge in [0.1, 0.15) is 5.01 Å². The highest BCUT2D eigenvalue weighted by molar-refractivity contribution is 7.14. The first kappa shape index (κ1) is 12.0. The van der Waals surface area contributed by atoms with Crippen LogP contribution in [0, 0.1) is 6.92 Å². The lowest BCUT2D eigenvalue weighted by Crippen LogP contribution is -2.03. The fraction of sp³-hybridized carbons (Fsp3) is 0.300. The smallest absolute Gasteiger partial charge is 0.357 e. The molecule has 1 N–H and O–H groups in total. The Balaban J connectivity index is 1.95. The van der Waals surface area contributed by atoms with E-state index in [1.54, 1.807) is 16.7 Å². The maximum Gasteiger partial charge on any atom is 0.357 e. The van der Waals surface area contributed by atoms with Crippen molar-refractivity contribution in [1.29, 1.82) is 0 Å². The highest BCUT2D eigenvalue weighted by Gasteiger charge is 2.10. The lowest BCUT2D eigenvalue weighted by molar-refractivity contribution is 0.0595. The van der Waals surface area contributed by atoms with Crippen molar-refractivity contribution in [2.24, 2.45) is 0 Å². The second kappa shape index (κ2) is 5.24. The Morgan fingerprint density at radius 1 is 1.59 bits per heavy atom. The summed E-state index contributed by atoms with van der Waals surface area (Å²) in [4.78, 5) is 20.7. The van der Waals surface area contributed by atoms with Crippen molar-refractivity contribution in [1.82, 2.24) is 9.97 Å². The Morgan fingerprint density at radius 3 is 3.06 bits per heavy atom. The van der Waals surface area contributed by atoms with Gasteiger partial charge in [0.05, 0.1) is 13.7 Å². The zero-order valence-electron chi connectivity index (χ0n) is 9.39. The van der Waals surface area contributed by atoms with Crippen LogP contribution in [0.25, 0.3) is 0 Å². The number of aryl methyl sites for hydroxylation is 1. The van der Waals surface area contributed by atoms with E-state index >= 15 is 0 Å². The SMILES string of the molecule is COC(=O)c1csc(NCc2ncc(C)s2)n1. The van der Waals surface area contributed by atoms with Crippen molar-refractivity contribution < 1.29 is 9.53 Å². The number of thiazole rings is 2. The Hall–Kier alpha value is -1.47. The Morgan fingerprint density at radius 2 is 2.41 bits per heavy atom. The number of rotatable bonds is 4. The average molecular weight is 269 g/mol. The molecule has 0 aromatic carbocycles. The summed E-state index contributed by atoms with van der Waals surface area (Å²) in [5.41, 5.74) is 0.329. The van der Waals surface area contributed by atoms with Crippen LogP contribution in [0.1, 0.15) is 20.4 Å². The number of nitrogens with one attached hydrogen (secondary N) is 1. The minimum absolute atomic E-state index is 0.329. The number of hydrogen-bond donors (Lipinski definition) is 1. The monoisotopic (exact) mass is 269 g/mol. The van der Waals surface area contributed by atoms with Crippen molar-refractivity contribution >= 4 is 33.8 Å². The van der Waals surface area contributed by atoms with Gasteiger partial charge in [-0.1, -0.05) is 0 Å². The van der Waals surface area contributed by atoms with Crippen LogP contribution in [0.15, 0.2) is 11.6 Å². The number of aromatic nitrogens is 2. The first-order chi connectivity index (χ1) is 8.19. The summed E-state index contributed by atoms with van der Waals surface area (Å²) in [6.45, 7) is 2.63. The summed E-state index contributed by atoms with van der Waals surface area (Å²) >= 11 is 3.01. The first-order valence-corrected chi connectivity index (χ1v) is 6.57. The molecule has 0 saturated carbocycles. The predicted octanol–water partition coefficient (Wildman–Crippen LogP) is 2.31. The van der Waals surface area contributed by atoms with Gasteiger partial charge in [0.15, 0.2) is 10.8 Å². The van der Waals surface area contributed by atoms with Crippen LogP contribution in [0.2, 0.25) is 0 Å². The summed E-state index contributed by atoms with van der Waals surface area (Å²) in [6.07, 6.45) is 1.84. The molecule has 0 bridgehead atoms. The van der Waals surface area contributed by atoms with E-state index in [-0.39, 0.29) is 0 Å². The van der Waals surface area contributed by atoms with E-state index in [9.17, 15) is 4.79 Å². The van der Waals surface area contributed by atoms with E-state index in [1.807, 2.05) is 13.1 Å². The largest absolute Gasteiger partial charge is 0.464 e. The fourth-order valence-corrected chi connectivity index (χ4v) is 2.59. The molecule has 5 nitrogen and oxygen atoms in total. The Kier molecular flexibility index (Phi) is 3.70. The standard InChI is InChI=1S/C10H11N3O2S2/c1-6-3-11-8(17-6)4-12-10-13-7(5-16-10)9(14)15-2/h3,5H,4H2,1-2H3,(H,12,13). The Bertz CT molecular complexity index is 521. The van der Waals surface area contributed by atoms with E-state index in [0.29, 0.717) is 17.4 Å². The maximum absolute atomic E-state index is 11.2. The molecule has 2 rings (SSSR count). The van der Waals surface area contributed by atoms with Gasteiger partial charge in [-0.2, -0.15) is 0 Å². The third-order valence-electron chi connectivity index (χ3n) is 1.96. The van der Waals surface area contributed by atoms with Gasteiger partial charge < -0.3 is 10.1 Å². The number of hydrogen-bond acceptors (Lipinski definition) is 7. The molecule has 2 heterocycles. The molecular weight excluding hydrogens is 258 g/mol. The second-order valence-corrected chi connectivity index (χ2v) is 5.43. The van der Waals surface area contributed by atoms with Gasteiger partial charge in [-0.05, 0) is 6.92 Å². The van der Waals surface area contributed by atoms with Crippen LogP contribution >= 0.6 is 22.7 Å². The van der Waals surface area contributed by atoms with Crippen LogP contribution in [0.3, 0.4) is 0 Å². The molecule has 0 unspecified atom stereocenters. The van der Waals surface area contributed by atoms with E-state index in [1.165, 1.54) is 23.3 Å². The van der Waals surface area contributed by atoms with Gasteiger partial charge in [-0.3, -0.25) is 0 Å². The van der Waals surface area contributed by atoms with Gasteiger partial charge in [-0.15, -0.1) is 22.7 Å². The van der Waals surface area contributed by atoms with Crippen molar-refractivity contribution in [2.45, 2.75) is 13.5 Å². The summed E-state index contributed by atoms with van der Waals surface area (Å²) in [5, 5.41) is 6.48. The minimum atomic E-state index is -0.417. The second-order valence-electron chi connectivity index (χ2n) is 3.25. The van der Waals surface area contributed by atoms with Gasteiger partial charge >= 0.3 is 5.97 Å². The summed E-state index contributed by atoms with van der Waals surface area (Å²) in [7, 11) is 1.34. The number of nitrogens with zero attached hydrogens (tertiary/aromatic N) is 2. The number of methoxy groups -OCH3 is 1. The van der Waals surface area contributed by atoms with Gasteiger partial charge in [0.25, 0.3) is 0 Å². The summed E-state index contributed by atoms with van der Waals surface area (Å²) < 4.78 is 4.58. The van der Waals surface area contributed by atoms with Gasteiger partial charge in [0, 0.05) is 16.5 Å². The van der Waals surface area contributed by atoms with Crippen LogP contribution in [-0.2, 0) is 11.3 Å². The van der Waals surface area contributed by atoms with Crippen molar-refractivity contribution in [3.63, 3.8) is 0 Å². The molecule has 0 saturated heterocycles. The maximum atomic E-state index is 11.2. The van der Waals surface area contributed by atoms with E-state index in [4.69, 9.17) is 0 Å². The minimum Gasteiger partial charge on any atom is -0.464 e. The zero-order chi connectivity index (χ0) is 12.3. The topological polar surface area (TPSA) is 64.1 Å². The van der Waals surface area contributed by atoms with Crippen LogP contribution in [-0.4, -0.2) is 23.0 Å². The average Bonchev–Trinajstić information content (AvgIpc) is 2.94. The number of carbonyl (C=O) groups is 1. The predicted molar refractivity (Wildman–Crippen MR) is 67.6 cm³/mol. The van der Waals surface area contributed by atoms with E-state index < -0.39 is 5.97 Å². The van der Waals surface area contributed by atoms with Crippen molar-refractivity contribution in [2.75, 3.05) is 12.4 Å². The molecule has 7 heteroatoms. The van der Waals surface area contributed by atoms with E-state index in [2.05, 4.69) is 20.0 Å². The highest BCUT2D eigenvalue weighted by atomic mass is 32.1. The molecule has 17 heavy (non-hydrogen) atoms. The van der Waals surface area contributed by atoms with Crippen molar-refractivity contribution in [3.05, 3.63) is 27.2 Å². The zero-order valence-corrected chi connectivity index (χ0v) is 11.0. The molecule has 0 aliphatic carbocycles. The molecule has 0 atom stereocenters. The summed E-state index contributed by atoms with van der Waals surface area (Å²) in [6, 6.07) is 0. The van der Waals surface area contributed by atoms with E-state index in [0.717, 1.165) is 5.01 Å². The van der Waals surface area contributed by atoms with Crippen LogP contribution < -0.4 is 5.32 Å². The van der Waals surface area contributed by atoms with Crippen LogP contribution in [0.4, 0.5) is 5.13 Å². The van der Waals surface area contributed by atoms with Gasteiger partial charge in [0.2, 0.25) is 0 Å². The third-order valence-corrected chi connectivity index (χ3v) is 3.67. The fourth-order valence-electron chi connectivity index (χ4n) is 1.19. The quantitative estimate of drug-likeness (QED) is 0.863. The molecule has 0 radical (unpaired) electrons. The molecule has 0 aliphatic rings. The number of carbonyl (C=O) groups excluding carboxylic acids is 1. The number of esters is 1. The molecule has 0 spiro atoms. The Labute approximate surface area is 106 Å². The van der Waals surface area contributed by atoms with Gasteiger partial charge in [-0.25, -0.2) is 14.8 Å². The molecule has 2 aromatic heterocycles. The first-order valence-electron chi connectivity index (χ1n) is 4.88. The summed E-state index contributed by atoms with van der Waals surface area (Å²) in [5.74, 6) is -0.417. The molecular formula is C10H11N3O2S2. The molecule has 2 aromatic rings. The molecule has 0 amide bonds. The normalized spacial score (nSPS) is 10.2. The lowest BCUT2D eigenvalue weighted by Gasteiger charge is -1.97. The molecule has 90 valence electrons.